The molecule has 2 rings (SSSR count). The van der Waals surface area contributed by atoms with Gasteiger partial charge >= 0.3 is 6.01 Å². The normalized spacial score (nSPS) is 14.1. The minimum atomic E-state index is -0.263. The topological polar surface area (TPSA) is 63.0 Å². The molecular formula is C13H17FN4O. The molecule has 0 bridgehead atoms. The van der Waals surface area contributed by atoms with Crippen LogP contribution in [-0.4, -0.2) is 17.2 Å². The Morgan fingerprint density at radius 2 is 2.00 bits per heavy atom. The average Bonchev–Trinajstić information content (AvgIpc) is 2.86. The zero-order valence-electron chi connectivity index (χ0n) is 11.1. The summed E-state index contributed by atoms with van der Waals surface area (Å²) in [6.45, 7) is 3.83. The van der Waals surface area contributed by atoms with Crippen LogP contribution in [0.5, 0.6) is 0 Å². The lowest BCUT2D eigenvalue weighted by Gasteiger charge is -2.12. The van der Waals surface area contributed by atoms with Crippen molar-refractivity contribution in [2.45, 2.75) is 25.9 Å². The summed E-state index contributed by atoms with van der Waals surface area (Å²) in [7, 11) is 1.82. The van der Waals surface area contributed by atoms with Crippen molar-refractivity contribution in [2.75, 3.05) is 12.4 Å². The molecule has 0 saturated heterocycles. The first-order valence-corrected chi connectivity index (χ1v) is 6.13. The van der Waals surface area contributed by atoms with Crippen LogP contribution in [0, 0.1) is 5.82 Å². The third-order valence-corrected chi connectivity index (χ3v) is 2.93. The van der Waals surface area contributed by atoms with Gasteiger partial charge in [0.25, 0.3) is 0 Å². The Hall–Kier alpha value is -1.95. The van der Waals surface area contributed by atoms with Gasteiger partial charge in [-0.05, 0) is 38.6 Å². The molecule has 1 heterocycles. The van der Waals surface area contributed by atoms with Crippen LogP contribution in [0.25, 0.3) is 0 Å². The Kier molecular flexibility index (Phi) is 4.11. The van der Waals surface area contributed by atoms with Crippen molar-refractivity contribution in [2.24, 2.45) is 0 Å². The van der Waals surface area contributed by atoms with E-state index in [1.807, 2.05) is 27.0 Å². The van der Waals surface area contributed by atoms with Gasteiger partial charge in [0.1, 0.15) is 5.82 Å². The molecule has 0 radical (unpaired) electrons. The summed E-state index contributed by atoms with van der Waals surface area (Å²) < 4.78 is 18.6. The molecule has 19 heavy (non-hydrogen) atoms. The molecule has 2 atom stereocenters. The van der Waals surface area contributed by atoms with Crippen molar-refractivity contribution in [3.8, 4) is 0 Å². The van der Waals surface area contributed by atoms with E-state index >= 15 is 0 Å². The fourth-order valence-electron chi connectivity index (χ4n) is 1.64. The molecule has 102 valence electrons. The fraction of sp³-hybridized carbons (Fsp3) is 0.385. The molecule has 0 spiro atoms. The van der Waals surface area contributed by atoms with E-state index in [9.17, 15) is 4.39 Å². The highest BCUT2D eigenvalue weighted by atomic mass is 19.1. The van der Waals surface area contributed by atoms with Crippen molar-refractivity contribution in [3.05, 3.63) is 41.5 Å². The second-order valence-corrected chi connectivity index (χ2v) is 4.38. The number of hydrogen-bond donors (Lipinski definition) is 2. The highest BCUT2D eigenvalue weighted by Crippen LogP contribution is 2.20. The highest BCUT2D eigenvalue weighted by molar-refractivity contribution is 5.28. The van der Waals surface area contributed by atoms with Gasteiger partial charge in [-0.15, -0.1) is 5.10 Å². The predicted octanol–water partition coefficient (Wildman–Crippen LogP) is 2.66. The first kappa shape index (κ1) is 13.5. The number of benzene rings is 1. The minimum Gasteiger partial charge on any atom is -0.406 e. The lowest BCUT2D eigenvalue weighted by Crippen LogP contribution is -2.12. The van der Waals surface area contributed by atoms with Crippen molar-refractivity contribution in [1.29, 1.82) is 0 Å². The molecule has 0 aliphatic heterocycles. The van der Waals surface area contributed by atoms with E-state index in [1.165, 1.54) is 12.1 Å². The summed E-state index contributed by atoms with van der Waals surface area (Å²) in [6.07, 6.45) is 0. The number of nitrogens with zero attached hydrogens (tertiary/aromatic N) is 2. The zero-order chi connectivity index (χ0) is 13.8. The summed E-state index contributed by atoms with van der Waals surface area (Å²) in [6, 6.07) is 6.61. The molecule has 0 saturated carbocycles. The molecule has 5 nitrogen and oxygen atoms in total. The summed E-state index contributed by atoms with van der Waals surface area (Å²) in [5, 5.41) is 13.9. The average molecular weight is 264 g/mol. The van der Waals surface area contributed by atoms with Crippen LogP contribution in [0.1, 0.15) is 37.4 Å². The standard InChI is InChI=1S/C13H17FN4O/c1-8(10-5-4-6-11(14)7-10)16-13-18-17-12(19-13)9(2)15-3/h4-9,15H,1-3H3,(H,16,18). The number of anilines is 1. The molecule has 6 heteroatoms. The van der Waals surface area contributed by atoms with Crippen molar-refractivity contribution >= 4 is 6.01 Å². The second-order valence-electron chi connectivity index (χ2n) is 4.38. The predicted molar refractivity (Wildman–Crippen MR) is 70.2 cm³/mol. The molecule has 0 aliphatic carbocycles. The number of halogens is 1. The summed E-state index contributed by atoms with van der Waals surface area (Å²) in [5.74, 6) is 0.248. The molecule has 1 aromatic carbocycles. The first-order valence-electron chi connectivity index (χ1n) is 6.13. The van der Waals surface area contributed by atoms with Crippen LogP contribution in [0.15, 0.2) is 28.7 Å². The Balaban J connectivity index is 2.06. The van der Waals surface area contributed by atoms with Crippen LogP contribution in [0.4, 0.5) is 10.4 Å². The van der Waals surface area contributed by atoms with Crippen LogP contribution < -0.4 is 10.6 Å². The summed E-state index contributed by atoms with van der Waals surface area (Å²) in [4.78, 5) is 0. The quantitative estimate of drug-likeness (QED) is 0.869. The van der Waals surface area contributed by atoms with E-state index in [1.54, 1.807) is 6.07 Å². The number of rotatable bonds is 5. The van der Waals surface area contributed by atoms with E-state index in [0.29, 0.717) is 11.9 Å². The van der Waals surface area contributed by atoms with E-state index < -0.39 is 0 Å². The van der Waals surface area contributed by atoms with Crippen LogP contribution in [0.2, 0.25) is 0 Å². The van der Waals surface area contributed by atoms with E-state index in [2.05, 4.69) is 20.8 Å². The molecular weight excluding hydrogens is 247 g/mol. The first-order chi connectivity index (χ1) is 9.10. The van der Waals surface area contributed by atoms with Gasteiger partial charge in [0.05, 0.1) is 12.1 Å². The highest BCUT2D eigenvalue weighted by Gasteiger charge is 2.14. The van der Waals surface area contributed by atoms with E-state index in [0.717, 1.165) is 5.56 Å². The third kappa shape index (κ3) is 3.29. The van der Waals surface area contributed by atoms with Crippen LogP contribution >= 0.6 is 0 Å². The summed E-state index contributed by atoms with van der Waals surface area (Å²) >= 11 is 0. The Morgan fingerprint density at radius 3 is 2.68 bits per heavy atom. The Labute approximate surface area is 111 Å². The molecule has 2 unspecified atom stereocenters. The van der Waals surface area contributed by atoms with Crippen LogP contribution in [0.3, 0.4) is 0 Å². The van der Waals surface area contributed by atoms with Gasteiger partial charge in [-0.1, -0.05) is 17.2 Å². The van der Waals surface area contributed by atoms with Crippen molar-refractivity contribution in [3.63, 3.8) is 0 Å². The lowest BCUT2D eigenvalue weighted by molar-refractivity contribution is 0.439. The smallest absolute Gasteiger partial charge is 0.315 e. The van der Waals surface area contributed by atoms with Gasteiger partial charge in [-0.3, -0.25) is 0 Å². The maximum absolute atomic E-state index is 13.1. The molecule has 2 aromatic rings. The van der Waals surface area contributed by atoms with Gasteiger partial charge < -0.3 is 15.1 Å². The van der Waals surface area contributed by atoms with Gasteiger partial charge in [-0.2, -0.15) is 0 Å². The van der Waals surface area contributed by atoms with Gasteiger partial charge in [0, 0.05) is 0 Å². The second kappa shape index (κ2) is 5.79. The number of hydrogen-bond acceptors (Lipinski definition) is 5. The largest absolute Gasteiger partial charge is 0.406 e. The van der Waals surface area contributed by atoms with Gasteiger partial charge in [0.2, 0.25) is 5.89 Å². The number of aromatic nitrogens is 2. The summed E-state index contributed by atoms with van der Waals surface area (Å²) in [5.41, 5.74) is 0.821. The minimum absolute atomic E-state index is 0.00692. The monoisotopic (exact) mass is 264 g/mol. The van der Waals surface area contributed by atoms with Crippen molar-refractivity contribution in [1.82, 2.24) is 15.5 Å². The van der Waals surface area contributed by atoms with Crippen molar-refractivity contribution < 1.29 is 8.81 Å². The zero-order valence-corrected chi connectivity index (χ0v) is 11.1. The number of nitrogens with one attached hydrogen (secondary N) is 2. The molecule has 1 aromatic heterocycles. The third-order valence-electron chi connectivity index (χ3n) is 2.93. The lowest BCUT2D eigenvalue weighted by atomic mass is 10.1. The molecule has 0 amide bonds. The fourth-order valence-corrected chi connectivity index (χ4v) is 1.64. The Morgan fingerprint density at radius 1 is 1.21 bits per heavy atom. The molecule has 2 N–H and O–H groups in total. The van der Waals surface area contributed by atoms with E-state index in [4.69, 9.17) is 4.42 Å². The van der Waals surface area contributed by atoms with E-state index in [-0.39, 0.29) is 17.9 Å². The Bertz CT molecular complexity index is 543. The SMILES string of the molecule is CNC(C)c1nnc(NC(C)c2cccc(F)c2)o1. The van der Waals surface area contributed by atoms with Gasteiger partial charge in [-0.25, -0.2) is 4.39 Å². The molecule has 0 fully saturated rings. The molecule has 0 aliphatic rings. The maximum atomic E-state index is 13.1. The maximum Gasteiger partial charge on any atom is 0.315 e. The van der Waals surface area contributed by atoms with Gasteiger partial charge in [0.15, 0.2) is 0 Å². The van der Waals surface area contributed by atoms with Crippen LogP contribution in [-0.2, 0) is 0 Å².